The summed E-state index contributed by atoms with van der Waals surface area (Å²) in [7, 11) is -3.34. The van der Waals surface area contributed by atoms with Gasteiger partial charge in [0.15, 0.2) is 8.32 Å². The number of rotatable bonds is 16. The summed E-state index contributed by atoms with van der Waals surface area (Å²) in [5, 5.41) is 8.23. The normalized spacial score (nSPS) is 13.0. The summed E-state index contributed by atoms with van der Waals surface area (Å²) in [5.74, 6) is -0.416. The van der Waals surface area contributed by atoms with E-state index in [1.54, 1.807) is 23.0 Å². The number of benzene rings is 2. The molecule has 11 nitrogen and oxygen atoms in total. The van der Waals surface area contributed by atoms with Crippen molar-refractivity contribution in [3.8, 4) is 0 Å². The second-order valence-corrected chi connectivity index (χ2v) is 28.5. The number of amides is 2. The minimum atomic E-state index is -2.00. The van der Waals surface area contributed by atoms with Crippen LogP contribution < -0.4 is 5.32 Å². The molecule has 4 aromatic rings. The Morgan fingerprint density at radius 1 is 0.946 bits per heavy atom. The molecule has 0 aliphatic heterocycles. The van der Waals surface area contributed by atoms with Crippen LogP contribution in [0.25, 0.3) is 17.0 Å². The Bertz CT molecular complexity index is 2040. The molecule has 0 aliphatic rings. The maximum absolute atomic E-state index is 13.7. The number of hydrogen-bond donors (Lipinski definition) is 1. The minimum Gasteiger partial charge on any atom is -0.443 e. The van der Waals surface area contributed by atoms with Crippen molar-refractivity contribution < 1.29 is 28.3 Å². The summed E-state index contributed by atoms with van der Waals surface area (Å²) in [5.41, 5.74) is 4.29. The van der Waals surface area contributed by atoms with Crippen molar-refractivity contribution in [2.45, 2.75) is 111 Å². The molecule has 0 radical (unpaired) electrons. The van der Waals surface area contributed by atoms with E-state index in [1.165, 1.54) is 21.9 Å². The van der Waals surface area contributed by atoms with Gasteiger partial charge in [-0.25, -0.2) is 9.36 Å². The molecule has 56 heavy (non-hydrogen) atoms. The molecule has 0 saturated carbocycles. The van der Waals surface area contributed by atoms with Crippen LogP contribution in [0, 0.1) is 6.92 Å². The van der Waals surface area contributed by atoms with Crippen molar-refractivity contribution in [3.05, 3.63) is 107 Å². The van der Waals surface area contributed by atoms with E-state index in [0.717, 1.165) is 28.1 Å². The van der Waals surface area contributed by atoms with Crippen LogP contribution in [0.5, 0.6) is 0 Å². The van der Waals surface area contributed by atoms with E-state index in [9.17, 15) is 14.4 Å². The molecule has 2 heterocycles. The van der Waals surface area contributed by atoms with Crippen LogP contribution >= 0.6 is 0 Å². The molecule has 0 saturated heterocycles. The first-order chi connectivity index (χ1) is 26.0. The van der Waals surface area contributed by atoms with Crippen molar-refractivity contribution >= 4 is 51.8 Å². The molecule has 2 aromatic heterocycles. The van der Waals surface area contributed by atoms with Crippen LogP contribution in [-0.2, 0) is 31.8 Å². The molecule has 0 unspecified atom stereocenters. The van der Waals surface area contributed by atoms with Gasteiger partial charge in [-0.2, -0.15) is 5.10 Å². The molecule has 0 aliphatic carbocycles. The number of carbonyl (C=O) groups excluding carboxylic acids is 3. The van der Waals surface area contributed by atoms with Gasteiger partial charge >= 0.3 is 6.09 Å². The van der Waals surface area contributed by atoms with Crippen LogP contribution in [0.1, 0.15) is 74.3 Å². The number of fused-ring (bicyclic) bond motifs is 1. The summed E-state index contributed by atoms with van der Waals surface area (Å²) in [6.07, 6.45) is 8.19. The molecule has 4 rings (SSSR count). The smallest absolute Gasteiger partial charge is 0.419 e. The zero-order valence-electron chi connectivity index (χ0n) is 35.4. The van der Waals surface area contributed by atoms with Crippen LogP contribution in [0.15, 0.2) is 78.9 Å². The molecular weight excluding hydrogens is 739 g/mol. The van der Waals surface area contributed by atoms with Gasteiger partial charge in [0.1, 0.15) is 12.3 Å². The first kappa shape index (κ1) is 44.2. The fourth-order valence-electron chi connectivity index (χ4n) is 5.26. The molecule has 2 aromatic carbocycles. The average molecular weight is 800 g/mol. The SMILES string of the molecule is Cc1ccc(Cn2cc(C(=O)NC(/C=C/c3cc4cc(CO[Si](C)(C)C(C)(C)C)ccc4n3C(=O)OC(C)(C)C)=C/N(C=O)COCC[Si](C)(C)C)cn2)cc1. The lowest BCUT2D eigenvalue weighted by Gasteiger charge is -2.36. The first-order valence-electron chi connectivity index (χ1n) is 19.1. The molecular formula is C43H61N5O6Si2. The van der Waals surface area contributed by atoms with E-state index in [-0.39, 0.29) is 11.8 Å². The summed E-state index contributed by atoms with van der Waals surface area (Å²) < 4.78 is 21.4. The Balaban J connectivity index is 1.69. The van der Waals surface area contributed by atoms with Gasteiger partial charge < -0.3 is 19.2 Å². The molecule has 1 N–H and O–H groups in total. The van der Waals surface area contributed by atoms with E-state index in [4.69, 9.17) is 13.9 Å². The topological polar surface area (TPSA) is 117 Å². The molecule has 0 atom stereocenters. The zero-order valence-corrected chi connectivity index (χ0v) is 37.4. The molecule has 302 valence electrons. The van der Waals surface area contributed by atoms with Gasteiger partial charge in [0, 0.05) is 32.5 Å². The Morgan fingerprint density at radius 3 is 2.25 bits per heavy atom. The quantitative estimate of drug-likeness (QED) is 0.0395. The van der Waals surface area contributed by atoms with Gasteiger partial charge in [-0.15, -0.1) is 0 Å². The van der Waals surface area contributed by atoms with E-state index >= 15 is 0 Å². The van der Waals surface area contributed by atoms with Gasteiger partial charge in [0.2, 0.25) is 6.41 Å². The van der Waals surface area contributed by atoms with E-state index < -0.39 is 34.0 Å². The Labute approximate surface area is 334 Å². The molecule has 0 bridgehead atoms. The molecule has 13 heteroatoms. The van der Waals surface area contributed by atoms with Gasteiger partial charge in [-0.05, 0) is 93.3 Å². The Morgan fingerprint density at radius 2 is 1.62 bits per heavy atom. The maximum Gasteiger partial charge on any atom is 0.419 e. The third-order valence-corrected chi connectivity index (χ3v) is 15.8. The second kappa shape index (κ2) is 18.1. The summed E-state index contributed by atoms with van der Waals surface area (Å²) in [6, 6.07) is 16.9. The highest BCUT2D eigenvalue weighted by Gasteiger charge is 2.37. The van der Waals surface area contributed by atoms with Crippen molar-refractivity contribution in [1.82, 2.24) is 24.6 Å². The number of ether oxygens (including phenoxy) is 2. The number of hydrogen-bond acceptors (Lipinski definition) is 7. The highest BCUT2D eigenvalue weighted by atomic mass is 28.4. The standard InChI is InChI=1S/C43H61N5O6Si2/c1-32-13-15-33(16-14-32)26-47-27-36(25-44-47)40(50)45-37(28-46(30-49)31-52-21-22-55(8,9)10)18-19-38-24-35-23-34(29-53-56(11,12)43(5,6)7)17-20-39(35)48(38)41(51)54-42(2,3)4/h13-20,23-25,27-28,30H,21-22,26,29,31H2,1-12H3,(H,45,50)/b19-18+,37-28+. The predicted octanol–water partition coefficient (Wildman–Crippen LogP) is 9.55. The minimum absolute atomic E-state index is 0.00751. The fourth-order valence-corrected chi connectivity index (χ4v) is 6.98. The Kier molecular flexibility index (Phi) is 14.3. The predicted molar refractivity (Wildman–Crippen MR) is 230 cm³/mol. The van der Waals surface area contributed by atoms with Crippen LogP contribution in [0.4, 0.5) is 4.79 Å². The largest absolute Gasteiger partial charge is 0.443 e. The number of nitrogens with zero attached hydrogens (tertiary/aromatic N) is 4. The van der Waals surface area contributed by atoms with Crippen molar-refractivity contribution in [2.75, 3.05) is 13.3 Å². The summed E-state index contributed by atoms with van der Waals surface area (Å²) >= 11 is 0. The van der Waals surface area contributed by atoms with Crippen molar-refractivity contribution in [2.24, 2.45) is 0 Å². The van der Waals surface area contributed by atoms with Gasteiger partial charge in [-0.3, -0.25) is 19.2 Å². The third-order valence-electron chi connectivity index (χ3n) is 9.61. The number of aryl methyl sites for hydroxylation is 1. The Hall–Kier alpha value is -4.57. The summed E-state index contributed by atoms with van der Waals surface area (Å²) in [6.45, 7) is 26.8. The van der Waals surface area contributed by atoms with Gasteiger partial charge in [0.25, 0.3) is 5.91 Å². The van der Waals surface area contributed by atoms with Crippen LogP contribution in [-0.4, -0.2) is 73.0 Å². The van der Waals surface area contributed by atoms with E-state index in [0.29, 0.717) is 48.6 Å². The number of nitrogens with one attached hydrogen (secondary N) is 1. The lowest BCUT2D eigenvalue weighted by molar-refractivity contribution is -0.119. The fraction of sp³-hybridized carbons (Fsp3) is 0.442. The van der Waals surface area contributed by atoms with Gasteiger partial charge in [0.05, 0.1) is 41.8 Å². The lowest BCUT2D eigenvalue weighted by Crippen LogP contribution is -2.40. The highest BCUT2D eigenvalue weighted by Crippen LogP contribution is 2.37. The van der Waals surface area contributed by atoms with Crippen LogP contribution in [0.3, 0.4) is 0 Å². The molecule has 2 amide bonds. The second-order valence-electron chi connectivity index (χ2n) is 18.1. The first-order valence-corrected chi connectivity index (χ1v) is 25.7. The number of carbonyl (C=O) groups is 3. The average Bonchev–Trinajstić information content (AvgIpc) is 3.71. The lowest BCUT2D eigenvalue weighted by atomic mass is 10.1. The van der Waals surface area contributed by atoms with E-state index in [2.05, 4.69) is 63.9 Å². The summed E-state index contributed by atoms with van der Waals surface area (Å²) in [4.78, 5) is 41.0. The highest BCUT2D eigenvalue weighted by molar-refractivity contribution is 6.76. The third kappa shape index (κ3) is 13.0. The zero-order chi connectivity index (χ0) is 41.5. The van der Waals surface area contributed by atoms with Crippen molar-refractivity contribution in [3.63, 3.8) is 0 Å². The number of aromatic nitrogens is 3. The molecule has 0 spiro atoms. The monoisotopic (exact) mass is 799 g/mol. The number of allylic oxidation sites excluding steroid dienone is 1. The van der Waals surface area contributed by atoms with Gasteiger partial charge in [-0.1, -0.05) is 76.3 Å². The van der Waals surface area contributed by atoms with Crippen molar-refractivity contribution in [1.29, 1.82) is 0 Å². The molecule has 0 fully saturated rings. The van der Waals surface area contributed by atoms with Crippen LogP contribution in [0.2, 0.25) is 43.8 Å². The van der Waals surface area contributed by atoms with E-state index in [1.807, 2.05) is 76.2 Å². The maximum atomic E-state index is 13.7.